The topological polar surface area (TPSA) is 63.6 Å². The Hall–Kier alpha value is -1.56. The fourth-order valence-corrected chi connectivity index (χ4v) is 1.54. The van der Waals surface area contributed by atoms with E-state index in [1.807, 2.05) is 0 Å². The molecule has 2 rings (SSSR count). The Morgan fingerprint density at radius 1 is 1.71 bits per heavy atom. The van der Waals surface area contributed by atoms with Crippen LogP contribution in [0.4, 0.5) is 0 Å². The molecule has 1 N–H and O–H groups in total. The van der Waals surface area contributed by atoms with Crippen LogP contribution in [-0.2, 0) is 0 Å². The highest BCUT2D eigenvalue weighted by molar-refractivity contribution is 7.71. The predicted octanol–water partition coefficient (Wildman–Crippen LogP) is 1.54. The SMILES string of the molecule is CCC(=O)n1c(=S)[nH]c2cncnc21. The highest BCUT2D eigenvalue weighted by Gasteiger charge is 2.10. The summed E-state index contributed by atoms with van der Waals surface area (Å²) in [6.07, 6.45) is 3.38. The number of hydrogen-bond acceptors (Lipinski definition) is 4. The van der Waals surface area contributed by atoms with E-state index in [0.717, 1.165) is 0 Å². The number of imidazole rings is 1. The number of H-pyrrole nitrogens is 1. The van der Waals surface area contributed by atoms with Gasteiger partial charge < -0.3 is 4.98 Å². The summed E-state index contributed by atoms with van der Waals surface area (Å²) in [6.45, 7) is 1.78. The lowest BCUT2D eigenvalue weighted by Gasteiger charge is -1.97. The van der Waals surface area contributed by atoms with E-state index in [1.165, 1.54) is 10.9 Å². The molecule has 0 aliphatic heterocycles. The van der Waals surface area contributed by atoms with Gasteiger partial charge in [0.1, 0.15) is 11.8 Å². The zero-order valence-corrected chi connectivity index (χ0v) is 8.34. The van der Waals surface area contributed by atoms with Gasteiger partial charge in [0.2, 0.25) is 5.91 Å². The minimum atomic E-state index is -0.0695. The number of fused-ring (bicyclic) bond motifs is 1. The number of rotatable bonds is 1. The first-order chi connectivity index (χ1) is 6.74. The molecule has 0 radical (unpaired) electrons. The number of aromatic amines is 1. The molecule has 6 heteroatoms. The molecule has 0 aromatic carbocycles. The molecule has 0 bridgehead atoms. The van der Waals surface area contributed by atoms with Gasteiger partial charge in [-0.25, -0.2) is 14.5 Å². The highest BCUT2D eigenvalue weighted by Crippen LogP contribution is 2.09. The lowest BCUT2D eigenvalue weighted by molar-refractivity contribution is 0.0911. The molecule has 2 aromatic heterocycles. The number of carbonyl (C=O) groups is 1. The molecular weight excluding hydrogens is 200 g/mol. The molecule has 0 atom stereocenters. The summed E-state index contributed by atoms with van der Waals surface area (Å²) in [5, 5.41) is 0. The molecule has 0 spiro atoms. The van der Waals surface area contributed by atoms with Gasteiger partial charge in [0.05, 0.1) is 6.20 Å². The zero-order valence-electron chi connectivity index (χ0n) is 7.52. The Morgan fingerprint density at radius 3 is 3.21 bits per heavy atom. The van der Waals surface area contributed by atoms with Crippen molar-refractivity contribution in [3.63, 3.8) is 0 Å². The number of aromatic nitrogens is 4. The van der Waals surface area contributed by atoms with Crippen molar-refractivity contribution in [3.8, 4) is 0 Å². The molecule has 2 aromatic rings. The van der Waals surface area contributed by atoms with Crippen molar-refractivity contribution in [2.24, 2.45) is 0 Å². The van der Waals surface area contributed by atoms with Crippen molar-refractivity contribution in [1.29, 1.82) is 0 Å². The monoisotopic (exact) mass is 208 g/mol. The lowest BCUT2D eigenvalue weighted by Crippen LogP contribution is -2.09. The minimum Gasteiger partial charge on any atom is -0.328 e. The van der Waals surface area contributed by atoms with Gasteiger partial charge in [-0.05, 0) is 12.2 Å². The van der Waals surface area contributed by atoms with Crippen molar-refractivity contribution in [3.05, 3.63) is 17.3 Å². The molecule has 72 valence electrons. The Kier molecular flexibility index (Phi) is 2.12. The molecule has 0 fully saturated rings. The van der Waals surface area contributed by atoms with Gasteiger partial charge in [-0.1, -0.05) is 6.92 Å². The third-order valence-electron chi connectivity index (χ3n) is 1.90. The second-order valence-electron chi connectivity index (χ2n) is 2.77. The molecular formula is C8H8N4OS. The van der Waals surface area contributed by atoms with Crippen molar-refractivity contribution in [1.82, 2.24) is 19.5 Å². The second-order valence-corrected chi connectivity index (χ2v) is 3.16. The van der Waals surface area contributed by atoms with Gasteiger partial charge in [-0.15, -0.1) is 0 Å². The molecule has 2 heterocycles. The molecule has 0 amide bonds. The first-order valence-electron chi connectivity index (χ1n) is 4.18. The van der Waals surface area contributed by atoms with Crippen LogP contribution in [0.5, 0.6) is 0 Å². The number of nitrogens with one attached hydrogen (secondary N) is 1. The number of nitrogens with zero attached hydrogens (tertiary/aromatic N) is 3. The third kappa shape index (κ3) is 1.24. The fraction of sp³-hybridized carbons (Fsp3) is 0.250. The second kappa shape index (κ2) is 3.30. The smallest absolute Gasteiger partial charge is 0.234 e. The fourth-order valence-electron chi connectivity index (χ4n) is 1.25. The highest BCUT2D eigenvalue weighted by atomic mass is 32.1. The van der Waals surface area contributed by atoms with Crippen LogP contribution in [-0.4, -0.2) is 25.4 Å². The molecule has 0 saturated heterocycles. The Bertz CT molecular complexity index is 542. The van der Waals surface area contributed by atoms with Gasteiger partial charge in [-0.2, -0.15) is 0 Å². The van der Waals surface area contributed by atoms with E-state index in [9.17, 15) is 4.79 Å². The van der Waals surface area contributed by atoms with Crippen molar-refractivity contribution < 1.29 is 4.79 Å². The molecule has 0 aliphatic carbocycles. The van der Waals surface area contributed by atoms with Crippen LogP contribution in [0.15, 0.2) is 12.5 Å². The van der Waals surface area contributed by atoms with Gasteiger partial charge in [0.25, 0.3) is 0 Å². The van der Waals surface area contributed by atoms with Crippen molar-refractivity contribution >= 4 is 29.3 Å². The van der Waals surface area contributed by atoms with Crippen molar-refractivity contribution in [2.75, 3.05) is 0 Å². The Balaban J connectivity index is 2.81. The standard InChI is InChI=1S/C8H8N4OS/c1-2-6(13)12-7-5(11-8(12)14)3-9-4-10-7/h3-4H,2H2,1H3,(H,11,14). The van der Waals surface area contributed by atoms with Gasteiger partial charge in [0.15, 0.2) is 10.4 Å². The summed E-state index contributed by atoms with van der Waals surface area (Å²) in [5.74, 6) is -0.0695. The predicted molar refractivity (Wildman–Crippen MR) is 53.6 cm³/mol. The molecule has 14 heavy (non-hydrogen) atoms. The van der Waals surface area contributed by atoms with E-state index in [1.54, 1.807) is 13.1 Å². The third-order valence-corrected chi connectivity index (χ3v) is 2.18. The van der Waals surface area contributed by atoms with E-state index >= 15 is 0 Å². The number of hydrogen-bond donors (Lipinski definition) is 1. The summed E-state index contributed by atoms with van der Waals surface area (Å²) < 4.78 is 1.76. The number of carbonyl (C=O) groups excluding carboxylic acids is 1. The Morgan fingerprint density at radius 2 is 2.50 bits per heavy atom. The molecule has 0 saturated carbocycles. The molecule has 0 aliphatic rings. The van der Waals surface area contributed by atoms with E-state index < -0.39 is 0 Å². The van der Waals surface area contributed by atoms with E-state index in [0.29, 0.717) is 22.4 Å². The van der Waals surface area contributed by atoms with Crippen LogP contribution in [0, 0.1) is 4.77 Å². The summed E-state index contributed by atoms with van der Waals surface area (Å²) in [4.78, 5) is 22.2. The maximum Gasteiger partial charge on any atom is 0.234 e. The van der Waals surface area contributed by atoms with Crippen LogP contribution < -0.4 is 0 Å². The van der Waals surface area contributed by atoms with Crippen molar-refractivity contribution in [2.45, 2.75) is 13.3 Å². The molecule has 5 nitrogen and oxygen atoms in total. The normalized spacial score (nSPS) is 10.6. The van der Waals surface area contributed by atoms with Crippen LogP contribution in [0.25, 0.3) is 11.2 Å². The molecule has 0 unspecified atom stereocenters. The van der Waals surface area contributed by atoms with E-state index in [4.69, 9.17) is 12.2 Å². The maximum absolute atomic E-state index is 11.5. The van der Waals surface area contributed by atoms with Crippen LogP contribution in [0.1, 0.15) is 18.1 Å². The summed E-state index contributed by atoms with van der Waals surface area (Å²) >= 11 is 5.01. The average molecular weight is 208 g/mol. The average Bonchev–Trinajstić information content (AvgIpc) is 2.53. The maximum atomic E-state index is 11.5. The van der Waals surface area contributed by atoms with E-state index in [2.05, 4.69) is 15.0 Å². The quantitative estimate of drug-likeness (QED) is 0.722. The van der Waals surface area contributed by atoms with Gasteiger partial charge in [-0.3, -0.25) is 4.79 Å². The van der Waals surface area contributed by atoms with Gasteiger partial charge >= 0.3 is 0 Å². The Labute approximate surface area is 84.8 Å². The summed E-state index contributed by atoms with van der Waals surface area (Å²) in [6, 6.07) is 0. The largest absolute Gasteiger partial charge is 0.328 e. The van der Waals surface area contributed by atoms with Crippen LogP contribution in [0.2, 0.25) is 0 Å². The minimum absolute atomic E-state index is 0.0695. The summed E-state index contributed by atoms with van der Waals surface area (Å²) in [5.41, 5.74) is 1.22. The first kappa shape index (κ1) is 9.01. The zero-order chi connectivity index (χ0) is 10.1. The van der Waals surface area contributed by atoms with Gasteiger partial charge in [0, 0.05) is 6.42 Å². The van der Waals surface area contributed by atoms with Crippen LogP contribution in [0.3, 0.4) is 0 Å². The van der Waals surface area contributed by atoms with Crippen LogP contribution >= 0.6 is 12.2 Å². The van der Waals surface area contributed by atoms with E-state index in [-0.39, 0.29) is 5.91 Å². The first-order valence-corrected chi connectivity index (χ1v) is 4.58. The summed E-state index contributed by atoms with van der Waals surface area (Å²) in [7, 11) is 0. The lowest BCUT2D eigenvalue weighted by atomic mass is 10.4.